The third-order valence-corrected chi connectivity index (χ3v) is 7.62. The number of hydrogen-bond donors (Lipinski definition) is 1. The zero-order chi connectivity index (χ0) is 25.9. The highest BCUT2D eigenvalue weighted by atomic mass is 32.2. The van der Waals surface area contributed by atoms with Gasteiger partial charge in [0, 0.05) is 36.3 Å². The van der Waals surface area contributed by atoms with Gasteiger partial charge in [-0.3, -0.25) is 9.59 Å². The number of carbonyl (C=O) groups excluding carboxylic acids is 2. The van der Waals surface area contributed by atoms with Crippen molar-refractivity contribution in [3.8, 4) is 22.7 Å². The van der Waals surface area contributed by atoms with Crippen LogP contribution in [0.15, 0.2) is 64.6 Å². The maximum absolute atomic E-state index is 12.9. The maximum Gasteiger partial charge on any atom is 0.286 e. The van der Waals surface area contributed by atoms with Gasteiger partial charge in [0.25, 0.3) is 5.91 Å². The number of carbonyl (C=O) groups is 2. The summed E-state index contributed by atoms with van der Waals surface area (Å²) >= 11 is 1.37. The van der Waals surface area contributed by atoms with Crippen molar-refractivity contribution < 1.29 is 14.3 Å². The third kappa shape index (κ3) is 5.32. The zero-order valence-corrected chi connectivity index (χ0v) is 21.7. The van der Waals surface area contributed by atoms with E-state index in [4.69, 9.17) is 15.6 Å². The predicted molar refractivity (Wildman–Crippen MR) is 146 cm³/mol. The Labute approximate surface area is 220 Å². The van der Waals surface area contributed by atoms with Crippen molar-refractivity contribution in [3.05, 3.63) is 70.8 Å². The number of thioether (sulfide) groups is 1. The van der Waals surface area contributed by atoms with E-state index in [9.17, 15) is 9.59 Å². The molecule has 0 bridgehead atoms. The topological polar surface area (TPSA) is 103 Å². The van der Waals surface area contributed by atoms with Crippen LogP contribution in [-0.2, 0) is 9.59 Å². The number of piperidine rings is 1. The molecule has 37 heavy (non-hydrogen) atoms. The number of hydrogen-bond acceptors (Lipinski definition) is 6. The van der Waals surface area contributed by atoms with Crippen molar-refractivity contribution in [1.82, 2.24) is 14.7 Å². The molecule has 2 aromatic carbocycles. The van der Waals surface area contributed by atoms with Gasteiger partial charge < -0.3 is 15.4 Å². The highest BCUT2D eigenvalue weighted by molar-refractivity contribution is 8.18. The average Bonchev–Trinajstić information content (AvgIpc) is 3.50. The van der Waals surface area contributed by atoms with Crippen molar-refractivity contribution >= 4 is 34.8 Å². The van der Waals surface area contributed by atoms with E-state index in [1.807, 2.05) is 73.3 Å². The van der Waals surface area contributed by atoms with Crippen molar-refractivity contribution in [2.75, 3.05) is 19.7 Å². The molecular formula is C28H29N5O3S. The number of aryl methyl sites for hydroxylation is 1. The Bertz CT molecular complexity index is 1390. The van der Waals surface area contributed by atoms with Gasteiger partial charge in [0.2, 0.25) is 5.91 Å². The Morgan fingerprint density at radius 3 is 2.62 bits per heavy atom. The van der Waals surface area contributed by atoms with Crippen molar-refractivity contribution in [1.29, 1.82) is 0 Å². The molecule has 0 unspecified atom stereocenters. The summed E-state index contributed by atoms with van der Waals surface area (Å²) < 4.78 is 7.54. The molecule has 1 fully saturated rings. The Hall–Kier alpha value is -3.85. The molecule has 1 aromatic heterocycles. The molecule has 1 saturated heterocycles. The molecule has 190 valence electrons. The summed E-state index contributed by atoms with van der Waals surface area (Å²) in [4.78, 5) is 31.3. The predicted octanol–water partition coefficient (Wildman–Crippen LogP) is 4.41. The van der Waals surface area contributed by atoms with Crippen molar-refractivity contribution in [2.45, 2.75) is 26.7 Å². The lowest BCUT2D eigenvalue weighted by atomic mass is 9.97. The van der Waals surface area contributed by atoms with Crippen molar-refractivity contribution in [3.63, 3.8) is 0 Å². The second-order valence-corrected chi connectivity index (χ2v) is 10.1. The van der Waals surface area contributed by atoms with Crippen LogP contribution in [0.5, 0.6) is 5.75 Å². The fraction of sp³-hybridized carbons (Fsp3) is 0.286. The number of amides is 2. The Morgan fingerprint density at radius 2 is 1.95 bits per heavy atom. The van der Waals surface area contributed by atoms with Crippen LogP contribution in [-0.4, -0.2) is 51.4 Å². The molecule has 5 rings (SSSR count). The number of aromatic nitrogens is 2. The van der Waals surface area contributed by atoms with Crippen LogP contribution in [0.25, 0.3) is 23.0 Å². The van der Waals surface area contributed by atoms with Gasteiger partial charge in [-0.1, -0.05) is 18.2 Å². The molecular weight excluding hydrogens is 486 g/mol. The first kappa shape index (κ1) is 24.8. The number of nitrogens with zero attached hydrogens (tertiary/aromatic N) is 4. The summed E-state index contributed by atoms with van der Waals surface area (Å²) in [7, 11) is 0. The molecule has 9 heteroatoms. The molecule has 0 aliphatic carbocycles. The quantitative estimate of drug-likeness (QED) is 0.488. The van der Waals surface area contributed by atoms with E-state index in [0.29, 0.717) is 42.6 Å². The minimum atomic E-state index is -0.265. The summed E-state index contributed by atoms with van der Waals surface area (Å²) in [5, 5.41) is 5.56. The second-order valence-electron chi connectivity index (χ2n) is 9.10. The first-order valence-corrected chi connectivity index (χ1v) is 13.2. The third-order valence-electron chi connectivity index (χ3n) is 6.58. The van der Waals surface area contributed by atoms with Gasteiger partial charge in [-0.25, -0.2) is 4.68 Å². The van der Waals surface area contributed by atoms with E-state index in [-0.39, 0.29) is 17.7 Å². The first-order valence-electron chi connectivity index (χ1n) is 12.4. The Morgan fingerprint density at radius 1 is 1.19 bits per heavy atom. The lowest BCUT2D eigenvalue weighted by molar-refractivity contribution is -0.123. The van der Waals surface area contributed by atoms with Gasteiger partial charge in [-0.2, -0.15) is 10.1 Å². The SMILES string of the molecule is CCOc1ccc(-c2nn(-c3ccccc3)cc2/C=C2\SC(N3CCC(C(N)=O)CC3)=NC2=O)cc1C. The standard InChI is InChI=1S/C28H29N5O3S/c1-3-36-23-10-9-20(15-18(23)2)25-21(17-33(31-25)22-7-5-4-6-8-22)16-24-27(35)30-28(37-24)32-13-11-19(12-14-32)26(29)34/h4-10,15-17,19H,3,11-14H2,1-2H3,(H2,29,34)/b24-16-. The summed E-state index contributed by atoms with van der Waals surface area (Å²) in [5.74, 6) is 0.203. The lowest BCUT2D eigenvalue weighted by Gasteiger charge is -2.31. The Balaban J connectivity index is 1.45. The molecule has 3 aromatic rings. The normalized spacial score (nSPS) is 17.4. The Kier molecular flexibility index (Phi) is 7.14. The van der Waals surface area contributed by atoms with Crippen LogP contribution in [0.4, 0.5) is 0 Å². The molecule has 2 amide bonds. The lowest BCUT2D eigenvalue weighted by Crippen LogP contribution is -2.40. The van der Waals surface area contributed by atoms with Gasteiger partial charge in [0.15, 0.2) is 5.17 Å². The first-order chi connectivity index (χ1) is 17.9. The van der Waals surface area contributed by atoms with Crippen molar-refractivity contribution in [2.24, 2.45) is 16.6 Å². The molecule has 3 heterocycles. The number of nitrogens with two attached hydrogens (primary N) is 1. The monoisotopic (exact) mass is 515 g/mol. The molecule has 0 radical (unpaired) electrons. The zero-order valence-electron chi connectivity index (χ0n) is 20.9. The van der Waals surface area contributed by atoms with E-state index < -0.39 is 0 Å². The minimum absolute atomic E-state index is 0.113. The molecule has 0 atom stereocenters. The molecule has 0 spiro atoms. The van der Waals surface area contributed by atoms with Gasteiger partial charge >= 0.3 is 0 Å². The van der Waals surface area contributed by atoms with E-state index in [0.717, 1.165) is 33.8 Å². The number of benzene rings is 2. The fourth-order valence-electron chi connectivity index (χ4n) is 4.57. The highest BCUT2D eigenvalue weighted by Gasteiger charge is 2.31. The number of amidine groups is 1. The van der Waals surface area contributed by atoms with Gasteiger partial charge in [-0.05, 0) is 80.4 Å². The molecule has 2 aliphatic heterocycles. The number of rotatable bonds is 6. The second kappa shape index (κ2) is 10.6. The number of para-hydroxylation sites is 1. The van der Waals surface area contributed by atoms with Crippen LogP contribution in [0, 0.1) is 12.8 Å². The molecule has 2 aliphatic rings. The fourth-order valence-corrected chi connectivity index (χ4v) is 5.53. The summed E-state index contributed by atoms with van der Waals surface area (Å²) in [6.45, 7) is 5.89. The van der Waals surface area contributed by atoms with Crippen LogP contribution >= 0.6 is 11.8 Å². The molecule has 2 N–H and O–H groups in total. The van der Waals surface area contributed by atoms with E-state index >= 15 is 0 Å². The van der Waals surface area contributed by atoms with Crippen LogP contribution in [0.2, 0.25) is 0 Å². The van der Waals surface area contributed by atoms with Gasteiger partial charge in [-0.15, -0.1) is 0 Å². The van der Waals surface area contributed by atoms with E-state index in [2.05, 4.69) is 16.0 Å². The number of aliphatic imine (C=N–C) groups is 1. The molecule has 0 saturated carbocycles. The smallest absolute Gasteiger partial charge is 0.286 e. The van der Waals surface area contributed by atoms with E-state index in [1.165, 1.54) is 11.8 Å². The van der Waals surface area contributed by atoms with Crippen LogP contribution in [0.3, 0.4) is 0 Å². The van der Waals surface area contributed by atoms with Gasteiger partial charge in [0.05, 0.1) is 17.2 Å². The average molecular weight is 516 g/mol. The number of ether oxygens (including phenoxy) is 1. The number of primary amides is 1. The minimum Gasteiger partial charge on any atom is -0.494 e. The van der Waals surface area contributed by atoms with Crippen LogP contribution in [0.1, 0.15) is 30.9 Å². The number of likely N-dealkylation sites (tertiary alicyclic amines) is 1. The van der Waals surface area contributed by atoms with E-state index in [1.54, 1.807) is 0 Å². The molecule has 8 nitrogen and oxygen atoms in total. The largest absolute Gasteiger partial charge is 0.494 e. The summed E-state index contributed by atoms with van der Waals surface area (Å²) in [6.07, 6.45) is 5.15. The summed E-state index contributed by atoms with van der Waals surface area (Å²) in [5.41, 5.74) is 9.94. The van der Waals surface area contributed by atoms with Gasteiger partial charge in [0.1, 0.15) is 11.4 Å². The van der Waals surface area contributed by atoms with Crippen LogP contribution < -0.4 is 10.5 Å². The maximum atomic E-state index is 12.9. The highest BCUT2D eigenvalue weighted by Crippen LogP contribution is 2.35. The summed E-state index contributed by atoms with van der Waals surface area (Å²) in [6, 6.07) is 15.9.